The smallest absolute Gasteiger partial charge is 0.261 e. The first kappa shape index (κ1) is 12.0. The summed E-state index contributed by atoms with van der Waals surface area (Å²) in [6.45, 7) is 1.51. The molecule has 0 fully saturated rings. The maximum atomic E-state index is 11.2. The fourth-order valence-electron chi connectivity index (χ4n) is 1.11. The van der Waals surface area contributed by atoms with Gasteiger partial charge >= 0.3 is 0 Å². The first-order chi connectivity index (χ1) is 6.91. The molecule has 0 aromatic heterocycles. The van der Waals surface area contributed by atoms with E-state index < -0.39 is 9.05 Å². The number of carbonyl (C=O) groups is 1. The molecule has 0 aliphatic heterocycles. The molecule has 6 heteroatoms. The summed E-state index contributed by atoms with van der Waals surface area (Å²) in [6, 6.07) is 6.26. The molecule has 0 radical (unpaired) electrons. The molecule has 0 atom stereocenters. The summed E-state index contributed by atoms with van der Waals surface area (Å²) in [7, 11) is 1.48. The molecule has 0 spiro atoms. The van der Waals surface area contributed by atoms with Gasteiger partial charge in [-0.15, -0.1) is 0 Å². The minimum absolute atomic E-state index is 0.0282. The zero-order chi connectivity index (χ0) is 11.5. The molecule has 1 rings (SSSR count). The summed E-state index contributed by atoms with van der Waals surface area (Å²) < 4.78 is 22.3. The van der Waals surface area contributed by atoms with Crippen LogP contribution in [0, 0.1) is 0 Å². The highest BCUT2D eigenvalue weighted by Crippen LogP contribution is 2.19. The van der Waals surface area contributed by atoms with Crippen molar-refractivity contribution in [1.29, 1.82) is 0 Å². The van der Waals surface area contributed by atoms with Gasteiger partial charge in [-0.1, -0.05) is 18.2 Å². The van der Waals surface area contributed by atoms with Gasteiger partial charge in [-0.2, -0.15) is 0 Å². The Morgan fingerprint density at radius 2 is 2.00 bits per heavy atom. The number of halogens is 1. The van der Waals surface area contributed by atoms with Gasteiger partial charge in [0.05, 0.1) is 4.90 Å². The standard InChI is InChI=1S/C9H10ClNO3S/c1-7(12)11-6-8-4-2-3-5-9(8)15(10,13)14/h2-5H,6H2,1H3,(H,11,12). The lowest BCUT2D eigenvalue weighted by atomic mass is 10.2. The van der Waals surface area contributed by atoms with Crippen molar-refractivity contribution in [3.63, 3.8) is 0 Å². The Morgan fingerprint density at radius 3 is 2.53 bits per heavy atom. The second kappa shape index (κ2) is 4.63. The Labute approximate surface area is 92.7 Å². The molecule has 82 valence electrons. The predicted molar refractivity (Wildman–Crippen MR) is 57.0 cm³/mol. The quantitative estimate of drug-likeness (QED) is 0.818. The number of carbonyl (C=O) groups excluding carboxylic acids is 1. The number of amides is 1. The molecule has 0 saturated carbocycles. The van der Waals surface area contributed by atoms with E-state index in [1.54, 1.807) is 18.2 Å². The van der Waals surface area contributed by atoms with Crippen LogP contribution in [0.2, 0.25) is 0 Å². The van der Waals surface area contributed by atoms with Gasteiger partial charge in [0, 0.05) is 24.2 Å². The second-order valence-corrected chi connectivity index (χ2v) is 5.49. The summed E-state index contributed by atoms with van der Waals surface area (Å²) in [5, 5.41) is 2.51. The summed E-state index contributed by atoms with van der Waals surface area (Å²) in [6.07, 6.45) is 0. The molecule has 1 amide bonds. The van der Waals surface area contributed by atoms with Crippen molar-refractivity contribution in [2.45, 2.75) is 18.4 Å². The van der Waals surface area contributed by atoms with Crippen LogP contribution in [-0.4, -0.2) is 14.3 Å². The lowest BCUT2D eigenvalue weighted by Gasteiger charge is -2.06. The summed E-state index contributed by atoms with van der Waals surface area (Å²) in [5.41, 5.74) is 0.475. The molecule has 0 aliphatic rings. The van der Waals surface area contributed by atoms with Crippen LogP contribution in [0.4, 0.5) is 0 Å². The van der Waals surface area contributed by atoms with Gasteiger partial charge < -0.3 is 5.32 Å². The van der Waals surface area contributed by atoms with Crippen LogP contribution in [0.5, 0.6) is 0 Å². The van der Waals surface area contributed by atoms with Gasteiger partial charge in [0.15, 0.2) is 0 Å². The molecule has 1 aromatic rings. The van der Waals surface area contributed by atoms with Gasteiger partial charge in [0.25, 0.3) is 9.05 Å². The third-order valence-corrected chi connectivity index (χ3v) is 3.19. The number of hydrogen-bond acceptors (Lipinski definition) is 3. The monoisotopic (exact) mass is 247 g/mol. The molecule has 1 N–H and O–H groups in total. The number of nitrogens with one attached hydrogen (secondary N) is 1. The molecule has 15 heavy (non-hydrogen) atoms. The summed E-state index contributed by atoms with van der Waals surface area (Å²) >= 11 is 0. The Hall–Kier alpha value is -1.07. The molecule has 0 aliphatic carbocycles. The maximum Gasteiger partial charge on any atom is 0.261 e. The Balaban J connectivity index is 3.02. The van der Waals surface area contributed by atoms with Crippen LogP contribution < -0.4 is 5.32 Å². The lowest BCUT2D eigenvalue weighted by Crippen LogP contribution is -2.20. The Morgan fingerprint density at radius 1 is 1.40 bits per heavy atom. The minimum Gasteiger partial charge on any atom is -0.352 e. The van der Waals surface area contributed by atoms with E-state index in [1.165, 1.54) is 13.0 Å². The number of benzene rings is 1. The fraction of sp³-hybridized carbons (Fsp3) is 0.222. The summed E-state index contributed by atoms with van der Waals surface area (Å²) in [4.78, 5) is 10.7. The molecular weight excluding hydrogens is 238 g/mol. The Bertz CT molecular complexity index is 470. The average Bonchev–Trinajstić information content (AvgIpc) is 2.13. The SMILES string of the molecule is CC(=O)NCc1ccccc1S(=O)(=O)Cl. The number of hydrogen-bond donors (Lipinski definition) is 1. The molecule has 0 unspecified atom stereocenters. The van der Waals surface area contributed by atoms with Gasteiger partial charge in [0.2, 0.25) is 5.91 Å². The van der Waals surface area contributed by atoms with Crippen molar-refractivity contribution in [2.24, 2.45) is 0 Å². The summed E-state index contributed by atoms with van der Waals surface area (Å²) in [5.74, 6) is -0.225. The molecule has 4 nitrogen and oxygen atoms in total. The van der Waals surface area contributed by atoms with E-state index in [0.717, 1.165) is 0 Å². The average molecular weight is 248 g/mol. The predicted octanol–water partition coefficient (Wildman–Crippen LogP) is 1.25. The first-order valence-corrected chi connectivity index (χ1v) is 6.49. The highest BCUT2D eigenvalue weighted by atomic mass is 35.7. The second-order valence-electron chi connectivity index (χ2n) is 2.96. The van der Waals surface area contributed by atoms with E-state index in [-0.39, 0.29) is 17.3 Å². The van der Waals surface area contributed by atoms with Gasteiger partial charge in [0.1, 0.15) is 0 Å². The lowest BCUT2D eigenvalue weighted by molar-refractivity contribution is -0.119. The topological polar surface area (TPSA) is 63.2 Å². The zero-order valence-electron chi connectivity index (χ0n) is 8.03. The van der Waals surface area contributed by atoms with E-state index in [0.29, 0.717) is 5.56 Å². The third kappa shape index (κ3) is 3.53. The normalized spacial score (nSPS) is 11.1. The van der Waals surface area contributed by atoms with E-state index in [1.807, 2.05) is 0 Å². The van der Waals surface area contributed by atoms with Crippen molar-refractivity contribution < 1.29 is 13.2 Å². The highest BCUT2D eigenvalue weighted by molar-refractivity contribution is 8.13. The van der Waals surface area contributed by atoms with Crippen LogP contribution in [0.3, 0.4) is 0 Å². The van der Waals surface area contributed by atoms with Crippen LogP contribution >= 0.6 is 10.7 Å². The van der Waals surface area contributed by atoms with Crippen molar-refractivity contribution in [3.8, 4) is 0 Å². The first-order valence-electron chi connectivity index (χ1n) is 4.18. The van der Waals surface area contributed by atoms with Gasteiger partial charge in [-0.05, 0) is 11.6 Å². The molecule has 0 saturated heterocycles. The van der Waals surface area contributed by atoms with Crippen molar-refractivity contribution >= 4 is 25.6 Å². The van der Waals surface area contributed by atoms with Crippen LogP contribution in [-0.2, 0) is 20.4 Å². The van der Waals surface area contributed by atoms with Gasteiger partial charge in [-0.3, -0.25) is 4.79 Å². The van der Waals surface area contributed by atoms with E-state index in [9.17, 15) is 13.2 Å². The Kier molecular flexibility index (Phi) is 3.71. The van der Waals surface area contributed by atoms with Crippen molar-refractivity contribution in [3.05, 3.63) is 29.8 Å². The van der Waals surface area contributed by atoms with E-state index >= 15 is 0 Å². The number of rotatable bonds is 3. The highest BCUT2D eigenvalue weighted by Gasteiger charge is 2.14. The molecule has 1 aromatic carbocycles. The fourth-order valence-corrected chi connectivity index (χ4v) is 2.25. The van der Waals surface area contributed by atoms with Gasteiger partial charge in [-0.25, -0.2) is 8.42 Å². The molecule has 0 bridgehead atoms. The third-order valence-electron chi connectivity index (χ3n) is 1.76. The van der Waals surface area contributed by atoms with E-state index in [2.05, 4.69) is 5.32 Å². The van der Waals surface area contributed by atoms with E-state index in [4.69, 9.17) is 10.7 Å². The zero-order valence-corrected chi connectivity index (χ0v) is 9.60. The largest absolute Gasteiger partial charge is 0.352 e. The molecular formula is C9H10ClNO3S. The van der Waals surface area contributed by atoms with Crippen LogP contribution in [0.25, 0.3) is 0 Å². The van der Waals surface area contributed by atoms with Crippen LogP contribution in [0.15, 0.2) is 29.2 Å². The molecule has 0 heterocycles. The minimum atomic E-state index is -3.76. The van der Waals surface area contributed by atoms with Crippen molar-refractivity contribution in [2.75, 3.05) is 0 Å². The van der Waals surface area contributed by atoms with Crippen molar-refractivity contribution in [1.82, 2.24) is 5.32 Å². The van der Waals surface area contributed by atoms with Crippen LogP contribution in [0.1, 0.15) is 12.5 Å². The maximum absolute atomic E-state index is 11.2.